The van der Waals surface area contributed by atoms with Crippen molar-refractivity contribution >= 4 is 43.1 Å². The summed E-state index contributed by atoms with van der Waals surface area (Å²) < 4.78 is 0. The standard InChI is InChI=1S/C15H30N4O.3ClH/c1-2-18-10-12-19(13-11-18)9-4-3-7-17-15(20)14-6-5-8-16-14;;;/h14,16H,2-13H2,1H3,(H,17,20);3*1H/t14-;;;/m0.../s1. The van der Waals surface area contributed by atoms with Crippen molar-refractivity contribution in [3.63, 3.8) is 0 Å². The van der Waals surface area contributed by atoms with E-state index in [0.717, 1.165) is 32.4 Å². The smallest absolute Gasteiger partial charge is 0.237 e. The summed E-state index contributed by atoms with van der Waals surface area (Å²) in [5, 5.41) is 6.28. The van der Waals surface area contributed by atoms with Gasteiger partial charge < -0.3 is 20.4 Å². The maximum Gasteiger partial charge on any atom is 0.237 e. The highest BCUT2D eigenvalue weighted by Crippen LogP contribution is 2.05. The number of unbranched alkanes of at least 4 members (excludes halogenated alkanes) is 1. The Bertz CT molecular complexity index is 296. The van der Waals surface area contributed by atoms with Crippen molar-refractivity contribution in [2.75, 3.05) is 52.4 Å². The van der Waals surface area contributed by atoms with Gasteiger partial charge in [-0.25, -0.2) is 0 Å². The predicted molar refractivity (Wildman–Crippen MR) is 104 cm³/mol. The molecule has 1 atom stereocenters. The van der Waals surface area contributed by atoms with Crippen LogP contribution in [-0.2, 0) is 4.79 Å². The minimum Gasteiger partial charge on any atom is -0.355 e. The van der Waals surface area contributed by atoms with Crippen LogP contribution in [0.5, 0.6) is 0 Å². The van der Waals surface area contributed by atoms with Gasteiger partial charge in [0.25, 0.3) is 0 Å². The van der Waals surface area contributed by atoms with Crippen LogP contribution in [0.15, 0.2) is 0 Å². The molecule has 140 valence electrons. The monoisotopic (exact) mass is 390 g/mol. The second-order valence-corrected chi connectivity index (χ2v) is 5.92. The molecule has 0 spiro atoms. The van der Waals surface area contributed by atoms with Crippen LogP contribution in [0.3, 0.4) is 0 Å². The number of amides is 1. The molecule has 2 heterocycles. The molecule has 0 unspecified atom stereocenters. The maximum absolute atomic E-state index is 11.8. The number of carbonyl (C=O) groups is 1. The topological polar surface area (TPSA) is 47.6 Å². The van der Waals surface area contributed by atoms with Crippen LogP contribution in [0.25, 0.3) is 0 Å². The first kappa shape index (κ1) is 25.5. The first-order chi connectivity index (χ1) is 9.79. The third-order valence-electron chi connectivity index (χ3n) is 4.49. The van der Waals surface area contributed by atoms with E-state index >= 15 is 0 Å². The number of rotatable bonds is 7. The molecule has 0 aromatic carbocycles. The van der Waals surface area contributed by atoms with E-state index in [1.807, 2.05) is 0 Å². The number of hydrogen-bond donors (Lipinski definition) is 2. The summed E-state index contributed by atoms with van der Waals surface area (Å²) in [4.78, 5) is 16.8. The number of nitrogens with zero attached hydrogens (tertiary/aromatic N) is 2. The van der Waals surface area contributed by atoms with Crippen LogP contribution < -0.4 is 10.6 Å². The molecule has 0 aliphatic carbocycles. The van der Waals surface area contributed by atoms with Gasteiger partial charge in [0.2, 0.25) is 5.91 Å². The van der Waals surface area contributed by atoms with Crippen LogP contribution in [0.4, 0.5) is 0 Å². The first-order valence-corrected chi connectivity index (χ1v) is 8.25. The van der Waals surface area contributed by atoms with E-state index in [1.54, 1.807) is 0 Å². The Hall–Kier alpha value is 0.220. The average molecular weight is 392 g/mol. The SMILES string of the molecule is CCN1CCN(CCCCNC(=O)[C@@H]2CCCN2)CC1.Cl.Cl.Cl. The zero-order chi connectivity index (χ0) is 14.2. The molecular weight excluding hydrogens is 359 g/mol. The summed E-state index contributed by atoms with van der Waals surface area (Å²) in [5.41, 5.74) is 0. The zero-order valence-corrected chi connectivity index (χ0v) is 16.5. The van der Waals surface area contributed by atoms with E-state index in [2.05, 4.69) is 27.4 Å². The Morgan fingerprint density at radius 3 is 2.30 bits per heavy atom. The van der Waals surface area contributed by atoms with E-state index in [4.69, 9.17) is 0 Å². The lowest BCUT2D eigenvalue weighted by Gasteiger charge is -2.33. The molecule has 2 N–H and O–H groups in total. The molecule has 5 nitrogen and oxygen atoms in total. The van der Waals surface area contributed by atoms with Gasteiger partial charge in [-0.05, 0) is 45.3 Å². The van der Waals surface area contributed by atoms with Gasteiger partial charge in [0.05, 0.1) is 6.04 Å². The zero-order valence-electron chi connectivity index (χ0n) is 14.1. The Morgan fingerprint density at radius 1 is 1.09 bits per heavy atom. The number of piperazine rings is 1. The minimum absolute atomic E-state index is 0. The Balaban J connectivity index is 0. The van der Waals surface area contributed by atoms with Gasteiger partial charge in [0.1, 0.15) is 0 Å². The fraction of sp³-hybridized carbons (Fsp3) is 0.933. The summed E-state index contributed by atoms with van der Waals surface area (Å²) in [6.07, 6.45) is 4.40. The van der Waals surface area contributed by atoms with Crippen LogP contribution in [0, 0.1) is 0 Å². The van der Waals surface area contributed by atoms with Crippen LogP contribution in [0.2, 0.25) is 0 Å². The first-order valence-electron chi connectivity index (χ1n) is 8.25. The third kappa shape index (κ3) is 9.32. The van der Waals surface area contributed by atoms with Crippen LogP contribution in [-0.4, -0.2) is 74.1 Å². The van der Waals surface area contributed by atoms with Gasteiger partial charge in [0.15, 0.2) is 0 Å². The lowest BCUT2D eigenvalue weighted by Crippen LogP contribution is -2.46. The van der Waals surface area contributed by atoms with Crippen molar-refractivity contribution in [1.29, 1.82) is 0 Å². The summed E-state index contributed by atoms with van der Waals surface area (Å²) in [7, 11) is 0. The molecular formula is C15H33Cl3N4O. The Kier molecular flexibility index (Phi) is 16.1. The van der Waals surface area contributed by atoms with Gasteiger partial charge in [-0.2, -0.15) is 0 Å². The molecule has 1 amide bonds. The lowest BCUT2D eigenvalue weighted by molar-refractivity contribution is -0.122. The Labute approximate surface area is 159 Å². The van der Waals surface area contributed by atoms with Crippen molar-refractivity contribution in [3.8, 4) is 0 Å². The van der Waals surface area contributed by atoms with Gasteiger partial charge in [-0.1, -0.05) is 6.92 Å². The number of hydrogen-bond acceptors (Lipinski definition) is 4. The Morgan fingerprint density at radius 2 is 1.74 bits per heavy atom. The minimum atomic E-state index is 0. The highest BCUT2D eigenvalue weighted by molar-refractivity contribution is 5.86. The summed E-state index contributed by atoms with van der Waals surface area (Å²) in [6.45, 7) is 11.2. The fourth-order valence-corrected chi connectivity index (χ4v) is 3.03. The van der Waals surface area contributed by atoms with E-state index < -0.39 is 0 Å². The van der Waals surface area contributed by atoms with E-state index in [0.29, 0.717) is 0 Å². The van der Waals surface area contributed by atoms with Gasteiger partial charge in [-0.15, -0.1) is 37.2 Å². The summed E-state index contributed by atoms with van der Waals surface area (Å²) >= 11 is 0. The molecule has 2 rings (SSSR count). The highest BCUT2D eigenvalue weighted by atomic mass is 35.5. The molecule has 2 aliphatic rings. The quantitative estimate of drug-likeness (QED) is 0.646. The summed E-state index contributed by atoms with van der Waals surface area (Å²) in [5.74, 6) is 0.194. The number of carbonyl (C=O) groups excluding carboxylic acids is 1. The molecule has 2 fully saturated rings. The number of likely N-dealkylation sites (N-methyl/N-ethyl adjacent to an activating group) is 1. The van der Waals surface area contributed by atoms with Crippen LogP contribution >= 0.6 is 37.2 Å². The highest BCUT2D eigenvalue weighted by Gasteiger charge is 2.21. The lowest BCUT2D eigenvalue weighted by atomic mass is 10.2. The largest absolute Gasteiger partial charge is 0.355 e. The predicted octanol–water partition coefficient (Wildman–Crippen LogP) is 1.54. The van der Waals surface area contributed by atoms with Crippen molar-refractivity contribution < 1.29 is 4.79 Å². The molecule has 23 heavy (non-hydrogen) atoms. The van der Waals surface area contributed by atoms with Gasteiger partial charge in [-0.3, -0.25) is 4.79 Å². The average Bonchev–Trinajstić information content (AvgIpc) is 3.01. The van der Waals surface area contributed by atoms with E-state index in [9.17, 15) is 4.79 Å². The van der Waals surface area contributed by atoms with Gasteiger partial charge >= 0.3 is 0 Å². The second kappa shape index (κ2) is 14.6. The molecule has 2 aliphatic heterocycles. The van der Waals surface area contributed by atoms with Crippen molar-refractivity contribution in [2.45, 2.75) is 38.6 Å². The van der Waals surface area contributed by atoms with Gasteiger partial charge in [0, 0.05) is 32.7 Å². The number of nitrogens with one attached hydrogen (secondary N) is 2. The maximum atomic E-state index is 11.8. The third-order valence-corrected chi connectivity index (χ3v) is 4.49. The molecule has 8 heteroatoms. The molecule has 2 saturated heterocycles. The molecule has 0 aromatic rings. The normalized spacial score (nSPS) is 21.7. The fourth-order valence-electron chi connectivity index (χ4n) is 3.03. The number of halogens is 3. The molecule has 0 aromatic heterocycles. The van der Waals surface area contributed by atoms with E-state index in [1.165, 1.54) is 45.7 Å². The summed E-state index contributed by atoms with van der Waals surface area (Å²) in [6, 6.07) is 0.0668. The van der Waals surface area contributed by atoms with Crippen molar-refractivity contribution in [1.82, 2.24) is 20.4 Å². The van der Waals surface area contributed by atoms with Crippen molar-refractivity contribution in [2.24, 2.45) is 0 Å². The molecule has 0 saturated carbocycles. The second-order valence-electron chi connectivity index (χ2n) is 5.92. The van der Waals surface area contributed by atoms with Crippen LogP contribution in [0.1, 0.15) is 32.6 Å². The van der Waals surface area contributed by atoms with Crippen molar-refractivity contribution in [3.05, 3.63) is 0 Å². The molecule has 0 bridgehead atoms. The van der Waals surface area contributed by atoms with E-state index in [-0.39, 0.29) is 49.2 Å². The molecule has 0 radical (unpaired) electrons.